The minimum atomic E-state index is -4.77. The molecule has 1 aliphatic heterocycles. The van der Waals surface area contributed by atoms with Crippen molar-refractivity contribution in [2.45, 2.75) is 12.2 Å². The van der Waals surface area contributed by atoms with Crippen molar-refractivity contribution in [1.82, 2.24) is 4.90 Å². The highest BCUT2D eigenvalue weighted by molar-refractivity contribution is 7.80. The van der Waals surface area contributed by atoms with Gasteiger partial charge in [0.2, 0.25) is 5.91 Å². The molecule has 0 saturated carbocycles. The van der Waals surface area contributed by atoms with Gasteiger partial charge in [-0.1, -0.05) is 30.3 Å². The lowest BCUT2D eigenvalue weighted by Gasteiger charge is -2.27. The molecule has 0 aromatic heterocycles. The molecule has 1 aromatic carbocycles. The summed E-state index contributed by atoms with van der Waals surface area (Å²) in [6.07, 6.45) is -3.46. The second kappa shape index (κ2) is 6.66. The molecule has 2 atom stereocenters. The smallest absolute Gasteiger partial charge is 0.401 e. The van der Waals surface area contributed by atoms with Gasteiger partial charge >= 0.3 is 12.1 Å². The third-order valence-corrected chi connectivity index (χ3v) is 3.96. The standard InChI is InChI=1S/C15H14F3NO3S/c16-15(17,18)11(8-23)13(20)19-7-10(6-12(19)14(21)22)9-4-2-1-3-5-9/h1-6,11-12,23H,7-8H2,(H,21,22)/t11-,12?/m0/s1. The molecule has 8 heteroatoms. The number of alkyl halides is 3. The van der Waals surface area contributed by atoms with Gasteiger partial charge in [0.1, 0.15) is 12.0 Å². The molecule has 0 aliphatic carbocycles. The van der Waals surface area contributed by atoms with Gasteiger partial charge in [0.25, 0.3) is 0 Å². The Bertz CT molecular complexity index is 631. The van der Waals surface area contributed by atoms with E-state index in [1.165, 1.54) is 6.08 Å². The summed E-state index contributed by atoms with van der Waals surface area (Å²) < 4.78 is 38.7. The highest BCUT2D eigenvalue weighted by Crippen LogP contribution is 2.33. The Morgan fingerprint density at radius 1 is 1.30 bits per heavy atom. The first-order chi connectivity index (χ1) is 10.8. The van der Waals surface area contributed by atoms with E-state index in [-0.39, 0.29) is 6.54 Å². The monoisotopic (exact) mass is 345 g/mol. The summed E-state index contributed by atoms with van der Waals surface area (Å²) in [5.41, 5.74) is 1.18. The second-order valence-corrected chi connectivity index (χ2v) is 5.45. The number of thiol groups is 1. The molecule has 4 nitrogen and oxygen atoms in total. The Labute approximate surface area is 136 Å². The molecule has 0 radical (unpaired) electrons. The average molecular weight is 345 g/mol. The molecule has 1 N–H and O–H groups in total. The minimum absolute atomic E-state index is 0.180. The predicted molar refractivity (Wildman–Crippen MR) is 81.0 cm³/mol. The number of halogens is 3. The fourth-order valence-electron chi connectivity index (χ4n) is 2.40. The SMILES string of the molecule is O=C(O)C1C=C(c2ccccc2)CN1C(=O)[C@H](CS)C(F)(F)F. The van der Waals surface area contributed by atoms with Crippen molar-refractivity contribution in [1.29, 1.82) is 0 Å². The van der Waals surface area contributed by atoms with E-state index < -0.39 is 35.8 Å². The molecule has 2 rings (SSSR count). The molecule has 1 aromatic rings. The first kappa shape index (κ1) is 17.4. The number of hydrogen-bond donors (Lipinski definition) is 2. The number of rotatable bonds is 4. The van der Waals surface area contributed by atoms with Crippen molar-refractivity contribution in [3.8, 4) is 0 Å². The summed E-state index contributed by atoms with van der Waals surface area (Å²) in [4.78, 5) is 24.2. The van der Waals surface area contributed by atoms with Crippen molar-refractivity contribution in [2.75, 3.05) is 12.3 Å². The van der Waals surface area contributed by atoms with Crippen molar-refractivity contribution in [2.24, 2.45) is 5.92 Å². The number of aliphatic carboxylic acids is 1. The minimum Gasteiger partial charge on any atom is -0.479 e. The number of carbonyl (C=O) groups is 2. The van der Waals surface area contributed by atoms with Crippen LogP contribution in [0.4, 0.5) is 13.2 Å². The third kappa shape index (κ3) is 3.69. The van der Waals surface area contributed by atoms with Crippen LogP contribution in [0.5, 0.6) is 0 Å². The Morgan fingerprint density at radius 2 is 1.91 bits per heavy atom. The number of carboxylic acids is 1. The number of carbonyl (C=O) groups excluding carboxylic acids is 1. The van der Waals surface area contributed by atoms with E-state index >= 15 is 0 Å². The summed E-state index contributed by atoms with van der Waals surface area (Å²) in [5.74, 6) is -5.70. The Morgan fingerprint density at radius 3 is 2.39 bits per heavy atom. The first-order valence-electron chi connectivity index (χ1n) is 6.72. The van der Waals surface area contributed by atoms with Crippen molar-refractivity contribution < 1.29 is 27.9 Å². The lowest BCUT2D eigenvalue weighted by atomic mass is 10.1. The van der Waals surface area contributed by atoms with E-state index in [0.29, 0.717) is 11.1 Å². The normalized spacial score (nSPS) is 19.4. The van der Waals surface area contributed by atoms with E-state index in [1.54, 1.807) is 30.3 Å². The quantitative estimate of drug-likeness (QED) is 0.825. The topological polar surface area (TPSA) is 57.6 Å². The van der Waals surface area contributed by atoms with Gasteiger partial charge in [-0.25, -0.2) is 4.79 Å². The molecule has 1 aliphatic rings. The molecule has 0 spiro atoms. The zero-order chi connectivity index (χ0) is 17.2. The van der Waals surface area contributed by atoms with E-state index in [1.807, 2.05) is 0 Å². The Kier molecular flexibility index (Phi) is 5.03. The van der Waals surface area contributed by atoms with Crippen molar-refractivity contribution in [3.05, 3.63) is 42.0 Å². The molecule has 1 unspecified atom stereocenters. The van der Waals surface area contributed by atoms with Crippen LogP contribution in [0.2, 0.25) is 0 Å². The van der Waals surface area contributed by atoms with Crippen LogP contribution in [0.3, 0.4) is 0 Å². The fraction of sp³-hybridized carbons (Fsp3) is 0.333. The van der Waals surface area contributed by atoms with Crippen LogP contribution >= 0.6 is 12.6 Å². The fourth-order valence-corrected chi connectivity index (χ4v) is 2.76. The van der Waals surface area contributed by atoms with Crippen LogP contribution in [-0.4, -0.2) is 46.4 Å². The van der Waals surface area contributed by atoms with Gasteiger partial charge in [0.15, 0.2) is 0 Å². The van der Waals surface area contributed by atoms with Crippen molar-refractivity contribution >= 4 is 30.1 Å². The van der Waals surface area contributed by atoms with Crippen LogP contribution in [-0.2, 0) is 9.59 Å². The van der Waals surface area contributed by atoms with Gasteiger partial charge in [-0.2, -0.15) is 25.8 Å². The largest absolute Gasteiger partial charge is 0.479 e. The molecule has 0 saturated heterocycles. The van der Waals surface area contributed by atoms with Gasteiger partial charge in [-0.3, -0.25) is 4.79 Å². The van der Waals surface area contributed by atoms with Crippen LogP contribution in [0.25, 0.3) is 5.57 Å². The summed E-state index contributed by atoms with van der Waals surface area (Å²) in [6, 6.07) is 7.21. The average Bonchev–Trinajstić information content (AvgIpc) is 2.92. The van der Waals surface area contributed by atoms with E-state index in [2.05, 4.69) is 12.6 Å². The number of benzene rings is 1. The maximum Gasteiger partial charge on any atom is 0.401 e. The molecule has 1 amide bonds. The van der Waals surface area contributed by atoms with Gasteiger partial charge in [-0.15, -0.1) is 0 Å². The molecule has 0 bridgehead atoms. The molecular formula is C15H14F3NO3S. The van der Waals surface area contributed by atoms with Gasteiger partial charge in [0, 0.05) is 12.3 Å². The second-order valence-electron chi connectivity index (χ2n) is 5.08. The predicted octanol–water partition coefficient (Wildman–Crippen LogP) is 2.47. The highest BCUT2D eigenvalue weighted by Gasteiger charge is 2.48. The number of hydrogen-bond acceptors (Lipinski definition) is 3. The maximum absolute atomic E-state index is 12.9. The van der Waals surface area contributed by atoms with Crippen molar-refractivity contribution in [3.63, 3.8) is 0 Å². The van der Waals surface area contributed by atoms with Gasteiger partial charge in [0.05, 0.1) is 0 Å². The molecule has 124 valence electrons. The summed E-state index contributed by atoms with van der Waals surface area (Å²) in [5, 5.41) is 9.22. The zero-order valence-corrected chi connectivity index (χ0v) is 12.7. The molecule has 23 heavy (non-hydrogen) atoms. The molecule has 0 fully saturated rings. The van der Waals surface area contributed by atoms with Crippen LogP contribution < -0.4 is 0 Å². The van der Waals surface area contributed by atoms with Gasteiger partial charge < -0.3 is 10.0 Å². The maximum atomic E-state index is 12.9. The van der Waals surface area contributed by atoms with Gasteiger partial charge in [-0.05, 0) is 17.2 Å². The van der Waals surface area contributed by atoms with E-state index in [0.717, 1.165) is 4.90 Å². The molecular weight excluding hydrogens is 331 g/mol. The van der Waals surface area contributed by atoms with Crippen LogP contribution in [0.1, 0.15) is 5.56 Å². The van der Waals surface area contributed by atoms with Crippen LogP contribution in [0, 0.1) is 5.92 Å². The Hall–Kier alpha value is -1.96. The first-order valence-corrected chi connectivity index (χ1v) is 7.36. The van der Waals surface area contributed by atoms with E-state index in [9.17, 15) is 27.9 Å². The zero-order valence-electron chi connectivity index (χ0n) is 11.8. The lowest BCUT2D eigenvalue weighted by molar-refractivity contribution is -0.185. The number of carboxylic acid groups (broad SMARTS) is 1. The summed E-state index contributed by atoms with van der Waals surface area (Å²) in [7, 11) is 0. The molecule has 1 heterocycles. The third-order valence-electron chi connectivity index (χ3n) is 3.59. The summed E-state index contributed by atoms with van der Waals surface area (Å²) in [6.45, 7) is -0.180. The highest BCUT2D eigenvalue weighted by atomic mass is 32.1. The van der Waals surface area contributed by atoms with Crippen LogP contribution in [0.15, 0.2) is 36.4 Å². The number of nitrogens with zero attached hydrogens (tertiary/aromatic N) is 1. The summed E-state index contributed by atoms with van der Waals surface area (Å²) >= 11 is 3.58. The number of amides is 1. The Balaban J connectivity index is 2.30. The lowest BCUT2D eigenvalue weighted by Crippen LogP contribution is -2.48. The van der Waals surface area contributed by atoms with E-state index in [4.69, 9.17) is 0 Å².